The fourth-order valence-electron chi connectivity index (χ4n) is 1.90. The van der Waals surface area contributed by atoms with Gasteiger partial charge in [0.1, 0.15) is 5.75 Å². The molecule has 1 amide bonds. The van der Waals surface area contributed by atoms with Crippen LogP contribution in [0.25, 0.3) is 0 Å². The number of esters is 1. The second-order valence-electron chi connectivity index (χ2n) is 4.82. The highest BCUT2D eigenvalue weighted by atomic mass is 79.9. The Morgan fingerprint density at radius 1 is 1.33 bits per heavy atom. The largest absolute Gasteiger partial charge is 0.495 e. The standard InChI is InChI=1S/C15H11BrF3N3O4S/c1-25-11(23)5-10-13(24)21-14(27-10)22-20-6-7-3-8(15(17,18)19)12(26-2)9(16)4-7/h3-6H,1-2H3,(H,21,22,24)/b10-5+,20-6?. The lowest BCUT2D eigenvalue weighted by molar-refractivity contribution is -0.139. The van der Waals surface area contributed by atoms with Crippen molar-refractivity contribution in [1.82, 2.24) is 5.32 Å². The first-order valence-corrected chi connectivity index (χ1v) is 8.61. The number of ether oxygens (including phenoxy) is 2. The predicted octanol–water partition coefficient (Wildman–Crippen LogP) is 3.09. The van der Waals surface area contributed by atoms with Gasteiger partial charge in [0.25, 0.3) is 5.91 Å². The zero-order valence-electron chi connectivity index (χ0n) is 13.8. The van der Waals surface area contributed by atoms with E-state index in [-0.39, 0.29) is 25.9 Å². The molecule has 1 aromatic carbocycles. The summed E-state index contributed by atoms with van der Waals surface area (Å²) in [4.78, 5) is 22.9. The normalized spacial score (nSPS) is 17.6. The van der Waals surface area contributed by atoms with Crippen LogP contribution in [0, 0.1) is 0 Å². The smallest absolute Gasteiger partial charge is 0.420 e. The number of carbonyl (C=O) groups excluding carboxylic acids is 2. The number of amides is 1. The number of thioether (sulfide) groups is 1. The molecular formula is C15H11BrF3N3O4S. The molecule has 1 fully saturated rings. The van der Waals surface area contributed by atoms with Crippen molar-refractivity contribution in [2.45, 2.75) is 6.18 Å². The van der Waals surface area contributed by atoms with Gasteiger partial charge in [-0.05, 0) is 45.4 Å². The Morgan fingerprint density at radius 3 is 2.63 bits per heavy atom. The molecule has 7 nitrogen and oxygen atoms in total. The van der Waals surface area contributed by atoms with Gasteiger partial charge in [-0.1, -0.05) is 0 Å². The summed E-state index contributed by atoms with van der Waals surface area (Å²) in [6.45, 7) is 0. The number of alkyl halides is 3. The van der Waals surface area contributed by atoms with Gasteiger partial charge < -0.3 is 9.47 Å². The lowest BCUT2D eigenvalue weighted by Crippen LogP contribution is -2.19. The molecule has 0 radical (unpaired) electrons. The maximum absolute atomic E-state index is 13.1. The number of nitrogens with zero attached hydrogens (tertiary/aromatic N) is 2. The summed E-state index contributed by atoms with van der Waals surface area (Å²) in [6.07, 6.45) is -2.55. The van der Waals surface area contributed by atoms with Crippen LogP contribution >= 0.6 is 27.7 Å². The number of hydrogen-bond acceptors (Lipinski definition) is 7. The molecule has 1 aliphatic rings. The zero-order chi connectivity index (χ0) is 20.2. The van der Waals surface area contributed by atoms with Crippen molar-refractivity contribution in [3.63, 3.8) is 0 Å². The van der Waals surface area contributed by atoms with Crippen LogP contribution in [0.5, 0.6) is 5.75 Å². The second-order valence-corrected chi connectivity index (χ2v) is 6.70. The van der Waals surface area contributed by atoms with E-state index >= 15 is 0 Å². The van der Waals surface area contributed by atoms with E-state index in [2.05, 4.69) is 36.2 Å². The van der Waals surface area contributed by atoms with E-state index in [1.165, 1.54) is 13.2 Å². The van der Waals surface area contributed by atoms with E-state index in [9.17, 15) is 22.8 Å². The third kappa shape index (κ3) is 5.32. The molecule has 0 atom stereocenters. The summed E-state index contributed by atoms with van der Waals surface area (Å²) >= 11 is 3.86. The minimum atomic E-state index is -4.62. The minimum Gasteiger partial charge on any atom is -0.495 e. The molecule has 0 spiro atoms. The molecule has 0 unspecified atom stereocenters. The number of hydrogen-bond donors (Lipinski definition) is 1. The van der Waals surface area contributed by atoms with Gasteiger partial charge in [-0.25, -0.2) is 4.79 Å². The molecule has 1 aliphatic heterocycles. The third-order valence-corrected chi connectivity index (χ3v) is 4.52. The predicted molar refractivity (Wildman–Crippen MR) is 96.6 cm³/mol. The van der Waals surface area contributed by atoms with Gasteiger partial charge in [-0.3, -0.25) is 10.1 Å². The molecule has 12 heteroatoms. The number of benzene rings is 1. The topological polar surface area (TPSA) is 89.3 Å². The monoisotopic (exact) mass is 465 g/mol. The SMILES string of the molecule is COC(=O)/C=C1/S/C(=N\N=Cc2cc(Br)c(OC)c(C(F)(F)F)c2)NC1=O. The summed E-state index contributed by atoms with van der Waals surface area (Å²) in [5.74, 6) is -1.62. The summed E-state index contributed by atoms with van der Waals surface area (Å²) in [5.41, 5.74) is -0.862. The average Bonchev–Trinajstić information content (AvgIpc) is 2.93. The van der Waals surface area contributed by atoms with Crippen LogP contribution in [0.15, 0.2) is 37.8 Å². The molecule has 1 saturated heterocycles. The first kappa shape index (κ1) is 21.0. The van der Waals surface area contributed by atoms with Crippen LogP contribution in [0.1, 0.15) is 11.1 Å². The van der Waals surface area contributed by atoms with E-state index in [1.54, 1.807) is 0 Å². The van der Waals surface area contributed by atoms with E-state index in [0.717, 1.165) is 37.2 Å². The Labute approximate surface area is 163 Å². The van der Waals surface area contributed by atoms with Gasteiger partial charge in [0.2, 0.25) is 0 Å². The summed E-state index contributed by atoms with van der Waals surface area (Å²) < 4.78 is 48.6. The Balaban J connectivity index is 2.23. The van der Waals surface area contributed by atoms with Gasteiger partial charge >= 0.3 is 12.1 Å². The van der Waals surface area contributed by atoms with Crippen LogP contribution in [0.2, 0.25) is 0 Å². The van der Waals surface area contributed by atoms with Crippen molar-refractivity contribution < 1.29 is 32.2 Å². The van der Waals surface area contributed by atoms with Crippen LogP contribution < -0.4 is 10.1 Å². The maximum atomic E-state index is 13.1. The quantitative estimate of drug-likeness (QED) is 0.319. The van der Waals surface area contributed by atoms with Crippen molar-refractivity contribution >= 4 is 51.0 Å². The van der Waals surface area contributed by atoms with E-state index in [4.69, 9.17) is 4.74 Å². The molecule has 1 heterocycles. The number of rotatable bonds is 4. The van der Waals surface area contributed by atoms with Crippen LogP contribution in [0.3, 0.4) is 0 Å². The number of halogens is 4. The van der Waals surface area contributed by atoms with E-state index < -0.39 is 23.6 Å². The lowest BCUT2D eigenvalue weighted by Gasteiger charge is -2.14. The molecule has 144 valence electrons. The molecule has 0 aromatic heterocycles. The van der Waals surface area contributed by atoms with E-state index in [1.807, 2.05) is 0 Å². The van der Waals surface area contributed by atoms with E-state index in [0.29, 0.717) is 0 Å². The Hall–Kier alpha value is -2.34. The molecule has 0 saturated carbocycles. The molecule has 1 N–H and O–H groups in total. The molecular weight excluding hydrogens is 455 g/mol. The molecule has 0 aliphatic carbocycles. The first-order chi connectivity index (χ1) is 12.7. The summed E-state index contributed by atoms with van der Waals surface area (Å²) in [6, 6.07) is 2.23. The van der Waals surface area contributed by atoms with Crippen molar-refractivity contribution in [3.8, 4) is 5.75 Å². The molecule has 2 rings (SSSR count). The fraction of sp³-hybridized carbons (Fsp3) is 0.200. The van der Waals surface area contributed by atoms with Crippen molar-refractivity contribution in [2.24, 2.45) is 10.2 Å². The highest BCUT2D eigenvalue weighted by Crippen LogP contribution is 2.40. The average molecular weight is 466 g/mol. The van der Waals surface area contributed by atoms with Crippen LogP contribution in [-0.2, 0) is 20.5 Å². The van der Waals surface area contributed by atoms with Gasteiger partial charge in [0.15, 0.2) is 5.17 Å². The highest BCUT2D eigenvalue weighted by molar-refractivity contribution is 9.10. The van der Waals surface area contributed by atoms with Crippen LogP contribution in [0.4, 0.5) is 13.2 Å². The zero-order valence-corrected chi connectivity index (χ0v) is 16.2. The van der Waals surface area contributed by atoms with Crippen molar-refractivity contribution in [3.05, 3.63) is 38.7 Å². The molecule has 27 heavy (non-hydrogen) atoms. The van der Waals surface area contributed by atoms with Crippen LogP contribution in [-0.4, -0.2) is 37.5 Å². The highest BCUT2D eigenvalue weighted by Gasteiger charge is 2.35. The number of carbonyl (C=O) groups is 2. The number of methoxy groups -OCH3 is 2. The molecule has 1 aromatic rings. The summed E-state index contributed by atoms with van der Waals surface area (Å²) in [5, 5.41) is 9.80. The van der Waals surface area contributed by atoms with Crippen molar-refractivity contribution in [1.29, 1.82) is 0 Å². The fourth-order valence-corrected chi connectivity index (χ4v) is 3.27. The Kier molecular flexibility index (Phi) is 6.65. The van der Waals surface area contributed by atoms with Gasteiger partial charge in [-0.2, -0.15) is 18.3 Å². The third-order valence-electron chi connectivity index (χ3n) is 3.03. The van der Waals surface area contributed by atoms with Gasteiger partial charge in [-0.15, -0.1) is 5.10 Å². The lowest BCUT2D eigenvalue weighted by atomic mass is 10.1. The van der Waals surface area contributed by atoms with Gasteiger partial charge in [0, 0.05) is 6.08 Å². The maximum Gasteiger partial charge on any atom is 0.420 e. The first-order valence-electron chi connectivity index (χ1n) is 7.00. The second kappa shape index (κ2) is 8.57. The molecule has 0 bridgehead atoms. The Morgan fingerprint density at radius 2 is 2.04 bits per heavy atom. The minimum absolute atomic E-state index is 0.0577. The van der Waals surface area contributed by atoms with Gasteiger partial charge in [0.05, 0.1) is 35.4 Å². The Bertz CT molecular complexity index is 869. The summed E-state index contributed by atoms with van der Waals surface area (Å²) in [7, 11) is 2.30. The number of amidine groups is 1. The van der Waals surface area contributed by atoms with Crippen molar-refractivity contribution in [2.75, 3.05) is 14.2 Å². The number of nitrogens with one attached hydrogen (secondary N) is 1.